The molecule has 0 aliphatic rings. The van der Waals surface area contributed by atoms with Gasteiger partial charge in [0.05, 0.1) is 5.39 Å². The van der Waals surface area contributed by atoms with Crippen molar-refractivity contribution in [3.05, 3.63) is 46.6 Å². The highest BCUT2D eigenvalue weighted by atomic mass is 16.4. The number of hydrogen-bond donors (Lipinski definition) is 3. The number of benzene rings is 2. The summed E-state index contributed by atoms with van der Waals surface area (Å²) < 4.78 is 5.37. The Morgan fingerprint density at radius 3 is 2.43 bits per heavy atom. The van der Waals surface area contributed by atoms with Gasteiger partial charge in [0.15, 0.2) is 16.9 Å². The molecule has 1 heterocycles. The van der Waals surface area contributed by atoms with E-state index in [2.05, 4.69) is 0 Å². The molecular formula is C15H9O6-. The van der Waals surface area contributed by atoms with E-state index in [0.717, 1.165) is 6.07 Å². The van der Waals surface area contributed by atoms with Crippen LogP contribution < -0.4 is 10.5 Å². The van der Waals surface area contributed by atoms with Gasteiger partial charge in [-0.05, 0) is 36.1 Å². The summed E-state index contributed by atoms with van der Waals surface area (Å²) in [6, 6.07) is 7.43. The predicted octanol–water partition coefficient (Wildman–Crippen LogP) is 1.65. The molecule has 0 spiro atoms. The molecule has 0 saturated carbocycles. The first-order valence-corrected chi connectivity index (χ1v) is 5.96. The van der Waals surface area contributed by atoms with Gasteiger partial charge in [-0.25, -0.2) is 0 Å². The van der Waals surface area contributed by atoms with Crippen molar-refractivity contribution in [3.63, 3.8) is 0 Å². The lowest BCUT2D eigenvalue weighted by Crippen LogP contribution is -2.11. The minimum Gasteiger partial charge on any atom is -0.867 e. The largest absolute Gasteiger partial charge is 0.867 e. The normalized spacial score (nSPS) is 10.9. The summed E-state index contributed by atoms with van der Waals surface area (Å²) in [5, 5.41) is 40.3. The van der Waals surface area contributed by atoms with Crippen LogP contribution in [0.15, 0.2) is 45.6 Å². The van der Waals surface area contributed by atoms with Crippen LogP contribution in [0.3, 0.4) is 0 Å². The van der Waals surface area contributed by atoms with Gasteiger partial charge < -0.3 is 24.8 Å². The lowest BCUT2D eigenvalue weighted by atomic mass is 10.1. The Morgan fingerprint density at radius 2 is 1.71 bits per heavy atom. The van der Waals surface area contributed by atoms with Crippen molar-refractivity contribution < 1.29 is 24.8 Å². The van der Waals surface area contributed by atoms with Crippen LogP contribution in [-0.2, 0) is 0 Å². The molecule has 106 valence electrons. The number of hydrogen-bond acceptors (Lipinski definition) is 6. The molecule has 1 aromatic heterocycles. The second-order valence-electron chi connectivity index (χ2n) is 4.47. The van der Waals surface area contributed by atoms with Gasteiger partial charge in [-0.15, -0.1) is 0 Å². The monoisotopic (exact) mass is 285 g/mol. The first-order chi connectivity index (χ1) is 9.97. The Hall–Kier alpha value is -3.15. The highest BCUT2D eigenvalue weighted by molar-refractivity contribution is 5.82. The van der Waals surface area contributed by atoms with E-state index in [0.29, 0.717) is 0 Å². The fourth-order valence-electron chi connectivity index (χ4n) is 2.02. The van der Waals surface area contributed by atoms with Crippen LogP contribution in [0.1, 0.15) is 0 Å². The van der Waals surface area contributed by atoms with Gasteiger partial charge in [0.25, 0.3) is 0 Å². The molecule has 21 heavy (non-hydrogen) atoms. The Balaban J connectivity index is 2.34. The maximum absolute atomic E-state index is 12.1. The third-order valence-corrected chi connectivity index (χ3v) is 3.07. The van der Waals surface area contributed by atoms with Crippen LogP contribution in [0.2, 0.25) is 0 Å². The maximum Gasteiger partial charge on any atom is 0.185 e. The van der Waals surface area contributed by atoms with E-state index in [1.54, 1.807) is 0 Å². The first-order valence-electron chi connectivity index (χ1n) is 5.96. The SMILES string of the molecule is O=c1c([O-])c(-c2ccc(O)c(O)c2)oc2cc(O)ccc12. The Labute approximate surface area is 117 Å². The molecule has 0 aliphatic heterocycles. The lowest BCUT2D eigenvalue weighted by molar-refractivity contribution is -0.270. The second-order valence-corrected chi connectivity index (χ2v) is 4.47. The van der Waals surface area contributed by atoms with Crippen molar-refractivity contribution in [2.24, 2.45) is 0 Å². The number of rotatable bonds is 1. The third-order valence-electron chi connectivity index (χ3n) is 3.07. The molecule has 0 aliphatic carbocycles. The Morgan fingerprint density at radius 1 is 0.952 bits per heavy atom. The predicted molar refractivity (Wildman–Crippen MR) is 72.4 cm³/mol. The Kier molecular flexibility index (Phi) is 2.72. The molecule has 6 nitrogen and oxygen atoms in total. The molecule has 0 radical (unpaired) electrons. The summed E-state index contributed by atoms with van der Waals surface area (Å²) >= 11 is 0. The van der Waals surface area contributed by atoms with Gasteiger partial charge in [-0.3, -0.25) is 4.79 Å². The molecule has 6 heteroatoms. The molecule has 0 saturated heterocycles. The van der Waals surface area contributed by atoms with E-state index in [-0.39, 0.29) is 33.8 Å². The molecule has 3 N–H and O–H groups in total. The van der Waals surface area contributed by atoms with Crippen LogP contribution in [0, 0.1) is 0 Å². The van der Waals surface area contributed by atoms with Crippen LogP contribution in [-0.4, -0.2) is 15.3 Å². The fraction of sp³-hybridized carbons (Fsp3) is 0. The zero-order valence-electron chi connectivity index (χ0n) is 10.5. The zero-order valence-corrected chi connectivity index (χ0v) is 10.5. The second kappa shape index (κ2) is 4.45. The van der Waals surface area contributed by atoms with Crippen molar-refractivity contribution in [2.45, 2.75) is 0 Å². The quantitative estimate of drug-likeness (QED) is 0.586. The molecule has 0 amide bonds. The van der Waals surface area contributed by atoms with Crippen LogP contribution in [0.25, 0.3) is 22.3 Å². The average Bonchev–Trinajstić information content (AvgIpc) is 2.45. The van der Waals surface area contributed by atoms with Crippen LogP contribution >= 0.6 is 0 Å². The molecule has 3 aromatic rings. The van der Waals surface area contributed by atoms with E-state index >= 15 is 0 Å². The average molecular weight is 285 g/mol. The van der Waals surface area contributed by atoms with Gasteiger partial charge in [0, 0.05) is 11.6 Å². The minimum atomic E-state index is -0.863. The van der Waals surface area contributed by atoms with Crippen molar-refractivity contribution in [2.75, 3.05) is 0 Å². The third kappa shape index (κ3) is 2.02. The van der Waals surface area contributed by atoms with Gasteiger partial charge >= 0.3 is 0 Å². The molecule has 0 bridgehead atoms. The molecule has 0 unspecified atom stereocenters. The van der Waals surface area contributed by atoms with E-state index in [9.17, 15) is 25.2 Å². The summed E-state index contributed by atoms with van der Waals surface area (Å²) in [5.41, 5.74) is -0.557. The highest BCUT2D eigenvalue weighted by Gasteiger charge is 2.12. The minimum absolute atomic E-state index is 0.0576. The lowest BCUT2D eigenvalue weighted by Gasteiger charge is -2.13. The van der Waals surface area contributed by atoms with E-state index in [4.69, 9.17) is 4.42 Å². The maximum atomic E-state index is 12.1. The Bertz CT molecular complexity index is 910. The van der Waals surface area contributed by atoms with Crippen molar-refractivity contribution in [3.8, 4) is 34.3 Å². The summed E-state index contributed by atoms with van der Waals surface area (Å²) in [6.07, 6.45) is 0. The molecule has 3 rings (SSSR count). The fourth-order valence-corrected chi connectivity index (χ4v) is 2.02. The van der Waals surface area contributed by atoms with Crippen molar-refractivity contribution in [1.82, 2.24) is 0 Å². The van der Waals surface area contributed by atoms with Gasteiger partial charge in [-0.1, -0.05) is 0 Å². The number of fused-ring (bicyclic) bond motifs is 1. The summed E-state index contributed by atoms with van der Waals surface area (Å²) in [5.74, 6) is -2.03. The van der Waals surface area contributed by atoms with E-state index < -0.39 is 16.9 Å². The molecule has 0 fully saturated rings. The number of phenols is 3. The summed E-state index contributed by atoms with van der Waals surface area (Å²) in [6.45, 7) is 0. The smallest absolute Gasteiger partial charge is 0.185 e. The first kappa shape index (κ1) is 12.9. The van der Waals surface area contributed by atoms with Gasteiger partial charge in [0.1, 0.15) is 17.1 Å². The van der Waals surface area contributed by atoms with E-state index in [1.165, 1.54) is 30.3 Å². The van der Waals surface area contributed by atoms with Gasteiger partial charge in [-0.2, -0.15) is 0 Å². The van der Waals surface area contributed by atoms with E-state index in [1.807, 2.05) is 0 Å². The zero-order chi connectivity index (χ0) is 15.1. The van der Waals surface area contributed by atoms with Crippen LogP contribution in [0.5, 0.6) is 23.0 Å². The number of phenolic OH excluding ortho intramolecular Hbond substituents is 3. The molecular weight excluding hydrogens is 276 g/mol. The molecule has 0 atom stereocenters. The van der Waals surface area contributed by atoms with Gasteiger partial charge in [0.2, 0.25) is 0 Å². The van der Waals surface area contributed by atoms with Crippen molar-refractivity contribution in [1.29, 1.82) is 0 Å². The highest BCUT2D eigenvalue weighted by Crippen LogP contribution is 2.34. The van der Waals surface area contributed by atoms with Crippen LogP contribution in [0.4, 0.5) is 0 Å². The summed E-state index contributed by atoms with van der Waals surface area (Å²) in [7, 11) is 0. The van der Waals surface area contributed by atoms with Crippen molar-refractivity contribution >= 4 is 11.0 Å². The summed E-state index contributed by atoms with van der Waals surface area (Å²) in [4.78, 5) is 12.0. The standard InChI is InChI=1S/C15H10O6/c16-8-2-3-9-12(6-8)21-15(14(20)13(9)19)7-1-4-10(17)11(18)5-7/h1-6,16-18,20H/p-1. The number of aromatic hydroxyl groups is 3. The molecule has 2 aromatic carbocycles. The topological polar surface area (TPSA) is 114 Å².